The predicted molar refractivity (Wildman–Crippen MR) is 68.8 cm³/mol. The first kappa shape index (κ1) is 14.1. The highest BCUT2D eigenvalue weighted by atomic mass is 16.5. The van der Waals surface area contributed by atoms with Gasteiger partial charge in [-0.05, 0) is 19.3 Å². The zero-order chi connectivity index (χ0) is 13.7. The van der Waals surface area contributed by atoms with Crippen molar-refractivity contribution in [1.29, 1.82) is 0 Å². The summed E-state index contributed by atoms with van der Waals surface area (Å²) in [6.45, 7) is 3.21. The molecule has 1 unspecified atom stereocenters. The van der Waals surface area contributed by atoms with Gasteiger partial charge in [0.2, 0.25) is 0 Å². The van der Waals surface area contributed by atoms with E-state index in [4.69, 9.17) is 9.47 Å². The van der Waals surface area contributed by atoms with E-state index in [1.165, 1.54) is 7.11 Å². The van der Waals surface area contributed by atoms with E-state index < -0.39 is 0 Å². The molecule has 6 nitrogen and oxygen atoms in total. The average Bonchev–Trinajstić information content (AvgIpc) is 2.48. The molecule has 0 aromatic rings. The molecule has 2 amide bonds. The Morgan fingerprint density at radius 2 is 1.95 bits per heavy atom. The molecular weight excluding hydrogens is 248 g/mol. The summed E-state index contributed by atoms with van der Waals surface area (Å²) in [6, 6.07) is 0.0217. The molecule has 2 saturated heterocycles. The van der Waals surface area contributed by atoms with E-state index in [2.05, 4.69) is 0 Å². The average molecular weight is 270 g/mol. The van der Waals surface area contributed by atoms with Crippen molar-refractivity contribution >= 4 is 12.0 Å². The fraction of sp³-hybridized carbons (Fsp3) is 0.846. The van der Waals surface area contributed by atoms with Gasteiger partial charge >= 0.3 is 12.0 Å². The van der Waals surface area contributed by atoms with Gasteiger partial charge in [-0.2, -0.15) is 0 Å². The summed E-state index contributed by atoms with van der Waals surface area (Å²) in [5.74, 6) is -0.244. The summed E-state index contributed by atoms with van der Waals surface area (Å²) < 4.78 is 9.98. The number of rotatable bonds is 2. The molecule has 0 spiro atoms. The first-order valence-corrected chi connectivity index (χ1v) is 6.92. The maximum absolute atomic E-state index is 12.5. The Bertz CT molecular complexity index is 329. The number of carbonyl (C=O) groups is 2. The molecule has 0 bridgehead atoms. The molecule has 0 aromatic carbocycles. The molecule has 108 valence electrons. The Hall–Kier alpha value is -1.30. The number of nitrogens with zero attached hydrogens (tertiary/aromatic N) is 2. The molecule has 0 N–H and O–H groups in total. The SMILES string of the molecule is COC(=O)CC1CCCCN1C(=O)N1CCOCC1. The molecule has 2 rings (SSSR count). The van der Waals surface area contributed by atoms with Gasteiger partial charge in [0, 0.05) is 25.7 Å². The second-order valence-electron chi connectivity index (χ2n) is 5.01. The molecule has 0 aliphatic carbocycles. The van der Waals surface area contributed by atoms with Crippen molar-refractivity contribution in [1.82, 2.24) is 9.80 Å². The summed E-state index contributed by atoms with van der Waals surface area (Å²) in [7, 11) is 1.39. The van der Waals surface area contributed by atoms with Crippen molar-refractivity contribution in [3.05, 3.63) is 0 Å². The third-order valence-corrected chi connectivity index (χ3v) is 3.78. The van der Waals surface area contributed by atoms with Crippen molar-refractivity contribution in [2.45, 2.75) is 31.7 Å². The van der Waals surface area contributed by atoms with Crippen LogP contribution in [0.25, 0.3) is 0 Å². The molecule has 2 aliphatic heterocycles. The highest BCUT2D eigenvalue weighted by Gasteiger charge is 2.32. The Kier molecular flexibility index (Phi) is 5.01. The number of urea groups is 1. The normalized spacial score (nSPS) is 24.2. The minimum absolute atomic E-state index is 0.0171. The number of ether oxygens (including phenoxy) is 2. The Morgan fingerprint density at radius 1 is 1.21 bits per heavy atom. The largest absolute Gasteiger partial charge is 0.469 e. The molecule has 19 heavy (non-hydrogen) atoms. The van der Waals surface area contributed by atoms with Crippen molar-refractivity contribution in [2.75, 3.05) is 40.0 Å². The number of amides is 2. The predicted octanol–water partition coefficient (Wildman–Crippen LogP) is 0.856. The molecule has 2 heterocycles. The Morgan fingerprint density at radius 3 is 2.63 bits per heavy atom. The Labute approximate surface area is 113 Å². The van der Waals surface area contributed by atoms with E-state index in [1.54, 1.807) is 0 Å². The van der Waals surface area contributed by atoms with Gasteiger partial charge in [-0.15, -0.1) is 0 Å². The zero-order valence-corrected chi connectivity index (χ0v) is 11.5. The van der Waals surface area contributed by atoms with Crippen LogP contribution in [0.3, 0.4) is 0 Å². The van der Waals surface area contributed by atoms with Gasteiger partial charge in [0.25, 0.3) is 0 Å². The van der Waals surface area contributed by atoms with E-state index in [0.717, 1.165) is 25.8 Å². The monoisotopic (exact) mass is 270 g/mol. The third kappa shape index (κ3) is 3.59. The molecule has 2 fully saturated rings. The van der Waals surface area contributed by atoms with Crippen LogP contribution in [-0.4, -0.2) is 67.8 Å². The van der Waals surface area contributed by atoms with Crippen LogP contribution >= 0.6 is 0 Å². The van der Waals surface area contributed by atoms with Gasteiger partial charge < -0.3 is 19.3 Å². The van der Waals surface area contributed by atoms with Crippen LogP contribution in [0, 0.1) is 0 Å². The summed E-state index contributed by atoms with van der Waals surface area (Å²) >= 11 is 0. The van der Waals surface area contributed by atoms with Gasteiger partial charge in [-0.1, -0.05) is 0 Å². The van der Waals surface area contributed by atoms with Gasteiger partial charge in [0.05, 0.1) is 26.7 Å². The van der Waals surface area contributed by atoms with Crippen LogP contribution in [0.5, 0.6) is 0 Å². The number of piperidine rings is 1. The van der Waals surface area contributed by atoms with E-state index in [9.17, 15) is 9.59 Å². The van der Waals surface area contributed by atoms with Gasteiger partial charge in [-0.25, -0.2) is 4.79 Å². The number of morpholine rings is 1. The van der Waals surface area contributed by atoms with E-state index in [0.29, 0.717) is 32.7 Å². The number of hydrogen-bond acceptors (Lipinski definition) is 4. The zero-order valence-electron chi connectivity index (χ0n) is 11.5. The Balaban J connectivity index is 1.97. The lowest BCUT2D eigenvalue weighted by Gasteiger charge is -2.39. The molecule has 0 saturated carbocycles. The van der Waals surface area contributed by atoms with Crippen LogP contribution in [0.15, 0.2) is 0 Å². The van der Waals surface area contributed by atoms with Gasteiger partial charge in [-0.3, -0.25) is 4.79 Å². The number of hydrogen-bond donors (Lipinski definition) is 0. The maximum Gasteiger partial charge on any atom is 0.320 e. The van der Waals surface area contributed by atoms with Crippen LogP contribution in [0.4, 0.5) is 4.79 Å². The number of esters is 1. The summed E-state index contributed by atoms with van der Waals surface area (Å²) in [6.07, 6.45) is 3.25. The molecule has 0 aromatic heterocycles. The van der Waals surface area contributed by atoms with Crippen molar-refractivity contribution < 1.29 is 19.1 Å². The van der Waals surface area contributed by atoms with Crippen molar-refractivity contribution in [2.24, 2.45) is 0 Å². The minimum atomic E-state index is -0.244. The smallest absolute Gasteiger partial charge is 0.320 e. The van der Waals surface area contributed by atoms with Crippen LogP contribution in [-0.2, 0) is 14.3 Å². The molecule has 2 aliphatic rings. The first-order valence-electron chi connectivity index (χ1n) is 6.92. The highest BCUT2D eigenvalue weighted by molar-refractivity contribution is 5.76. The second-order valence-corrected chi connectivity index (χ2v) is 5.01. The summed E-state index contributed by atoms with van der Waals surface area (Å²) in [5, 5.41) is 0. The van der Waals surface area contributed by atoms with E-state index in [-0.39, 0.29) is 18.0 Å². The number of methoxy groups -OCH3 is 1. The topological polar surface area (TPSA) is 59.1 Å². The second kappa shape index (κ2) is 6.75. The summed E-state index contributed by atoms with van der Waals surface area (Å²) in [4.78, 5) is 27.6. The van der Waals surface area contributed by atoms with Gasteiger partial charge in [0.1, 0.15) is 0 Å². The first-order chi connectivity index (χ1) is 9.22. The molecule has 0 radical (unpaired) electrons. The molecular formula is C13H22N2O4. The lowest BCUT2D eigenvalue weighted by Crippen LogP contribution is -2.53. The fourth-order valence-corrected chi connectivity index (χ4v) is 2.68. The lowest BCUT2D eigenvalue weighted by molar-refractivity contribution is -0.142. The van der Waals surface area contributed by atoms with Crippen molar-refractivity contribution in [3.63, 3.8) is 0 Å². The lowest BCUT2D eigenvalue weighted by atomic mass is 10.00. The third-order valence-electron chi connectivity index (χ3n) is 3.78. The summed E-state index contributed by atoms with van der Waals surface area (Å²) in [5.41, 5.74) is 0. The quantitative estimate of drug-likeness (QED) is 0.698. The fourth-order valence-electron chi connectivity index (χ4n) is 2.68. The maximum atomic E-state index is 12.5. The minimum Gasteiger partial charge on any atom is -0.469 e. The van der Waals surface area contributed by atoms with Crippen LogP contribution < -0.4 is 0 Å². The molecule has 1 atom stereocenters. The number of carbonyl (C=O) groups excluding carboxylic acids is 2. The molecule has 6 heteroatoms. The van der Waals surface area contributed by atoms with Crippen LogP contribution in [0.2, 0.25) is 0 Å². The highest BCUT2D eigenvalue weighted by Crippen LogP contribution is 2.22. The van der Waals surface area contributed by atoms with E-state index >= 15 is 0 Å². The van der Waals surface area contributed by atoms with E-state index in [1.807, 2.05) is 9.80 Å². The standard InChI is InChI=1S/C13H22N2O4/c1-18-12(16)10-11-4-2-3-5-15(11)13(17)14-6-8-19-9-7-14/h11H,2-10H2,1H3. The number of likely N-dealkylation sites (tertiary alicyclic amines) is 1. The van der Waals surface area contributed by atoms with Crippen molar-refractivity contribution in [3.8, 4) is 0 Å². The van der Waals surface area contributed by atoms with Gasteiger partial charge in [0.15, 0.2) is 0 Å². The van der Waals surface area contributed by atoms with Crippen LogP contribution in [0.1, 0.15) is 25.7 Å².